The molecule has 3 heterocycles. The molecule has 0 saturated heterocycles. The average Bonchev–Trinajstić information content (AvgIpc) is 3.16. The molecule has 0 bridgehead atoms. The van der Waals surface area contributed by atoms with Gasteiger partial charge in [0, 0.05) is 34.0 Å². The molecule has 0 radical (unpaired) electrons. The number of nitrogens with zero attached hydrogens (tertiary/aromatic N) is 2. The Hall–Kier alpha value is -4.11. The van der Waals surface area contributed by atoms with E-state index in [1.54, 1.807) is 0 Å². The SMILES string of the molecule is c1cncc(N2c3cc4oc5ccccc5c4cc3-c3cccc4cccc2c34)c1. The highest BCUT2D eigenvalue weighted by Crippen LogP contribution is 2.52. The van der Waals surface area contributed by atoms with Gasteiger partial charge in [0.1, 0.15) is 11.2 Å². The molecule has 30 heavy (non-hydrogen) atoms. The predicted octanol–water partition coefficient (Wildman–Crippen LogP) is 7.58. The third-order valence-electron chi connectivity index (χ3n) is 6.05. The molecule has 0 atom stereocenters. The molecule has 3 heteroatoms. The van der Waals surface area contributed by atoms with Crippen molar-refractivity contribution < 1.29 is 4.42 Å². The van der Waals surface area contributed by atoms with Crippen molar-refractivity contribution in [1.82, 2.24) is 4.98 Å². The first-order valence-electron chi connectivity index (χ1n) is 10.1. The van der Waals surface area contributed by atoms with Crippen LogP contribution in [0.4, 0.5) is 17.1 Å². The lowest BCUT2D eigenvalue weighted by Crippen LogP contribution is -2.15. The summed E-state index contributed by atoms with van der Waals surface area (Å²) in [6.07, 6.45) is 3.73. The van der Waals surface area contributed by atoms with Gasteiger partial charge in [0.05, 0.1) is 23.3 Å². The Kier molecular flexibility index (Phi) is 3.00. The van der Waals surface area contributed by atoms with Crippen LogP contribution >= 0.6 is 0 Å². The standard InChI is InChI=1S/C27H16N2O/c1-2-12-25-19(9-1)22-14-21-20-10-3-6-17-7-4-11-23(27(17)20)29(18-8-5-13-28-16-18)24(21)15-26(22)30-25/h1-16H. The second-order valence-corrected chi connectivity index (χ2v) is 7.69. The summed E-state index contributed by atoms with van der Waals surface area (Å²) in [6.45, 7) is 0. The molecule has 0 spiro atoms. The Morgan fingerprint density at radius 1 is 0.667 bits per heavy atom. The van der Waals surface area contributed by atoms with Gasteiger partial charge in [0.25, 0.3) is 0 Å². The van der Waals surface area contributed by atoms with Gasteiger partial charge < -0.3 is 9.32 Å². The van der Waals surface area contributed by atoms with E-state index in [1.165, 1.54) is 27.6 Å². The maximum Gasteiger partial charge on any atom is 0.137 e. The molecule has 6 aromatic rings. The van der Waals surface area contributed by atoms with Crippen molar-refractivity contribution in [3.05, 3.63) is 97.3 Å². The van der Waals surface area contributed by atoms with Crippen molar-refractivity contribution in [1.29, 1.82) is 0 Å². The minimum Gasteiger partial charge on any atom is -0.456 e. The van der Waals surface area contributed by atoms with E-state index in [0.29, 0.717) is 0 Å². The normalized spacial score (nSPS) is 12.6. The highest BCUT2D eigenvalue weighted by molar-refractivity contribution is 6.17. The number of pyridine rings is 1. The van der Waals surface area contributed by atoms with Gasteiger partial charge in [-0.2, -0.15) is 0 Å². The Morgan fingerprint density at radius 3 is 2.47 bits per heavy atom. The fourth-order valence-electron chi connectivity index (χ4n) is 4.79. The van der Waals surface area contributed by atoms with Crippen LogP contribution in [0.1, 0.15) is 0 Å². The second-order valence-electron chi connectivity index (χ2n) is 7.69. The van der Waals surface area contributed by atoms with E-state index in [0.717, 1.165) is 33.3 Å². The first kappa shape index (κ1) is 15.8. The minimum atomic E-state index is 0.899. The van der Waals surface area contributed by atoms with Crippen LogP contribution in [0.5, 0.6) is 0 Å². The molecule has 0 fully saturated rings. The van der Waals surface area contributed by atoms with Crippen LogP contribution in [0.2, 0.25) is 0 Å². The number of fused-ring (bicyclic) bond motifs is 5. The zero-order valence-electron chi connectivity index (χ0n) is 16.0. The van der Waals surface area contributed by atoms with E-state index in [4.69, 9.17) is 4.42 Å². The highest BCUT2D eigenvalue weighted by Gasteiger charge is 2.27. The predicted molar refractivity (Wildman–Crippen MR) is 123 cm³/mol. The van der Waals surface area contributed by atoms with E-state index in [1.807, 2.05) is 30.6 Å². The molecule has 2 aromatic heterocycles. The lowest BCUT2D eigenvalue weighted by Gasteiger charge is -2.33. The van der Waals surface area contributed by atoms with Gasteiger partial charge in [-0.3, -0.25) is 4.98 Å². The van der Waals surface area contributed by atoms with Crippen molar-refractivity contribution in [2.75, 3.05) is 4.90 Å². The Bertz CT molecular complexity index is 1590. The van der Waals surface area contributed by atoms with Crippen LogP contribution in [-0.4, -0.2) is 4.98 Å². The van der Waals surface area contributed by atoms with Gasteiger partial charge in [-0.1, -0.05) is 48.5 Å². The zero-order valence-corrected chi connectivity index (χ0v) is 16.0. The number of hydrogen-bond acceptors (Lipinski definition) is 3. The molecular formula is C27H16N2O. The largest absolute Gasteiger partial charge is 0.456 e. The monoisotopic (exact) mass is 384 g/mol. The van der Waals surface area contributed by atoms with Crippen molar-refractivity contribution in [2.24, 2.45) is 0 Å². The Balaban J connectivity index is 1.67. The topological polar surface area (TPSA) is 29.3 Å². The number of furan rings is 1. The summed E-state index contributed by atoms with van der Waals surface area (Å²) < 4.78 is 6.22. The van der Waals surface area contributed by atoms with Crippen LogP contribution in [0.3, 0.4) is 0 Å². The molecule has 1 aliphatic heterocycles. The number of rotatable bonds is 1. The van der Waals surface area contributed by atoms with E-state index in [2.05, 4.69) is 76.6 Å². The van der Waals surface area contributed by atoms with Crippen molar-refractivity contribution >= 4 is 49.8 Å². The van der Waals surface area contributed by atoms with E-state index in [9.17, 15) is 0 Å². The summed E-state index contributed by atoms with van der Waals surface area (Å²) in [5.41, 5.74) is 7.59. The minimum absolute atomic E-state index is 0.899. The summed E-state index contributed by atoms with van der Waals surface area (Å²) >= 11 is 0. The van der Waals surface area contributed by atoms with E-state index < -0.39 is 0 Å². The van der Waals surface area contributed by atoms with Gasteiger partial charge in [0.2, 0.25) is 0 Å². The lowest BCUT2D eigenvalue weighted by molar-refractivity contribution is 0.669. The zero-order chi connectivity index (χ0) is 19.7. The highest BCUT2D eigenvalue weighted by atomic mass is 16.3. The molecule has 140 valence electrons. The maximum atomic E-state index is 6.22. The quantitative estimate of drug-likeness (QED) is 0.292. The summed E-state index contributed by atoms with van der Waals surface area (Å²) in [4.78, 5) is 6.68. The van der Waals surface area contributed by atoms with Gasteiger partial charge in [-0.05, 0) is 41.3 Å². The van der Waals surface area contributed by atoms with E-state index >= 15 is 0 Å². The molecule has 0 amide bonds. The molecule has 0 saturated carbocycles. The molecule has 3 nitrogen and oxygen atoms in total. The molecule has 1 aliphatic rings. The fraction of sp³-hybridized carbons (Fsp3) is 0. The van der Waals surface area contributed by atoms with Crippen LogP contribution in [0, 0.1) is 0 Å². The summed E-state index contributed by atoms with van der Waals surface area (Å²) in [5, 5.41) is 4.80. The number of para-hydroxylation sites is 1. The number of hydrogen-bond donors (Lipinski definition) is 0. The first-order chi connectivity index (χ1) is 14.9. The molecule has 7 rings (SSSR count). The smallest absolute Gasteiger partial charge is 0.137 e. The van der Waals surface area contributed by atoms with Crippen molar-refractivity contribution in [3.63, 3.8) is 0 Å². The maximum absolute atomic E-state index is 6.22. The third kappa shape index (κ3) is 2.01. The fourth-order valence-corrected chi connectivity index (χ4v) is 4.79. The van der Waals surface area contributed by atoms with Gasteiger partial charge in [0.15, 0.2) is 0 Å². The number of anilines is 3. The van der Waals surface area contributed by atoms with Crippen LogP contribution in [0.15, 0.2) is 102 Å². The summed E-state index contributed by atoms with van der Waals surface area (Å²) in [5.74, 6) is 0. The lowest BCUT2D eigenvalue weighted by atomic mass is 9.90. The van der Waals surface area contributed by atoms with Crippen LogP contribution < -0.4 is 4.90 Å². The van der Waals surface area contributed by atoms with Gasteiger partial charge in [-0.15, -0.1) is 0 Å². The second kappa shape index (κ2) is 5.71. The average molecular weight is 384 g/mol. The Labute approximate surface area is 172 Å². The molecular weight excluding hydrogens is 368 g/mol. The van der Waals surface area contributed by atoms with Crippen molar-refractivity contribution in [2.45, 2.75) is 0 Å². The van der Waals surface area contributed by atoms with E-state index in [-0.39, 0.29) is 0 Å². The van der Waals surface area contributed by atoms with Gasteiger partial charge in [-0.25, -0.2) is 0 Å². The number of aromatic nitrogens is 1. The molecule has 0 aliphatic carbocycles. The first-order valence-corrected chi connectivity index (χ1v) is 10.1. The van der Waals surface area contributed by atoms with Crippen molar-refractivity contribution in [3.8, 4) is 11.1 Å². The molecule has 4 aromatic carbocycles. The van der Waals surface area contributed by atoms with Crippen LogP contribution in [-0.2, 0) is 0 Å². The number of benzene rings is 4. The van der Waals surface area contributed by atoms with Gasteiger partial charge >= 0.3 is 0 Å². The Morgan fingerprint density at radius 2 is 1.57 bits per heavy atom. The summed E-state index contributed by atoms with van der Waals surface area (Å²) in [7, 11) is 0. The molecule has 0 unspecified atom stereocenters. The van der Waals surface area contributed by atoms with Crippen LogP contribution in [0.25, 0.3) is 43.8 Å². The third-order valence-corrected chi connectivity index (χ3v) is 6.05. The summed E-state index contributed by atoms with van der Waals surface area (Å²) in [6, 6.07) is 29.8. The molecule has 0 N–H and O–H groups in total.